The van der Waals surface area contributed by atoms with Crippen LogP contribution in [0.3, 0.4) is 0 Å². The molecule has 0 fully saturated rings. The van der Waals surface area contributed by atoms with E-state index >= 15 is 0 Å². The van der Waals surface area contributed by atoms with E-state index in [1.165, 1.54) is 23.5 Å². The fourth-order valence-electron chi connectivity index (χ4n) is 1.67. The first kappa shape index (κ1) is 13.9. The number of furan rings is 1. The summed E-state index contributed by atoms with van der Waals surface area (Å²) in [5, 5.41) is 0. The largest absolute Gasteiger partial charge is 0.472 e. The van der Waals surface area contributed by atoms with Gasteiger partial charge in [0.05, 0.1) is 11.8 Å². The van der Waals surface area contributed by atoms with Crippen molar-refractivity contribution in [2.24, 2.45) is 0 Å². The van der Waals surface area contributed by atoms with E-state index in [9.17, 15) is 9.59 Å². The third-order valence-electron chi connectivity index (χ3n) is 2.85. The molecule has 0 aliphatic carbocycles. The number of ether oxygens (including phenoxy) is 1. The van der Waals surface area contributed by atoms with Gasteiger partial charge < -0.3 is 14.1 Å². The Morgan fingerprint density at radius 2 is 2.10 bits per heavy atom. The summed E-state index contributed by atoms with van der Waals surface area (Å²) in [6.07, 6.45) is 2.65. The summed E-state index contributed by atoms with van der Waals surface area (Å²) in [5.41, 5.74) is 2.10. The highest BCUT2D eigenvalue weighted by Crippen LogP contribution is 2.14. The minimum absolute atomic E-state index is 0.288. The zero-order valence-corrected chi connectivity index (χ0v) is 11.3. The minimum Gasteiger partial charge on any atom is -0.472 e. The average Bonchev–Trinajstić information content (AvgIpc) is 2.97. The number of hydrogen-bond donors (Lipinski definition) is 0. The van der Waals surface area contributed by atoms with Crippen LogP contribution in [0.5, 0.6) is 0 Å². The Bertz CT molecular complexity index is 604. The van der Waals surface area contributed by atoms with Crippen molar-refractivity contribution in [2.45, 2.75) is 6.92 Å². The molecule has 20 heavy (non-hydrogen) atoms. The molecule has 0 aliphatic rings. The first-order valence-electron chi connectivity index (χ1n) is 6.10. The van der Waals surface area contributed by atoms with Crippen LogP contribution in [0, 0.1) is 6.92 Å². The van der Waals surface area contributed by atoms with E-state index in [4.69, 9.17) is 9.15 Å². The molecule has 2 rings (SSSR count). The number of aryl methyl sites for hydroxylation is 1. The highest BCUT2D eigenvalue weighted by molar-refractivity contribution is 5.96. The second-order valence-electron chi connectivity index (χ2n) is 4.38. The Morgan fingerprint density at radius 1 is 1.30 bits per heavy atom. The molecule has 0 atom stereocenters. The lowest BCUT2D eigenvalue weighted by molar-refractivity contribution is -0.121. The van der Waals surface area contributed by atoms with E-state index in [1.54, 1.807) is 7.05 Å². The quantitative estimate of drug-likeness (QED) is 0.803. The normalized spacial score (nSPS) is 10.1. The highest BCUT2D eigenvalue weighted by Gasteiger charge is 2.15. The van der Waals surface area contributed by atoms with E-state index in [1.807, 2.05) is 31.2 Å². The number of carbonyl (C=O) groups excluding carboxylic acids is 2. The molecule has 0 bridgehead atoms. The van der Waals surface area contributed by atoms with Gasteiger partial charge in [0, 0.05) is 12.7 Å². The Kier molecular flexibility index (Phi) is 4.20. The maximum absolute atomic E-state index is 12.0. The number of benzene rings is 1. The molecule has 2 aromatic rings. The van der Waals surface area contributed by atoms with Gasteiger partial charge in [-0.3, -0.25) is 4.79 Å². The molecule has 104 valence electrons. The SMILES string of the molecule is Cc1cccc(N(C)C(=O)COC(=O)c2ccoc2)c1. The number of anilines is 1. The molecule has 0 N–H and O–H groups in total. The molecule has 0 aliphatic heterocycles. The van der Waals surface area contributed by atoms with Gasteiger partial charge in [-0.25, -0.2) is 4.79 Å². The van der Waals surface area contributed by atoms with Crippen LogP contribution >= 0.6 is 0 Å². The number of hydrogen-bond acceptors (Lipinski definition) is 4. The standard InChI is InChI=1S/C15H15NO4/c1-11-4-3-5-13(8-11)16(2)14(17)10-20-15(18)12-6-7-19-9-12/h3-9H,10H2,1-2H3. The predicted molar refractivity (Wildman–Crippen MR) is 73.6 cm³/mol. The van der Waals surface area contributed by atoms with Crippen molar-refractivity contribution in [3.8, 4) is 0 Å². The van der Waals surface area contributed by atoms with Crippen molar-refractivity contribution in [1.29, 1.82) is 0 Å². The van der Waals surface area contributed by atoms with Crippen molar-refractivity contribution in [3.63, 3.8) is 0 Å². The molecular weight excluding hydrogens is 258 g/mol. The van der Waals surface area contributed by atoms with Gasteiger partial charge in [-0.05, 0) is 30.7 Å². The zero-order valence-electron chi connectivity index (χ0n) is 11.3. The molecule has 1 aromatic carbocycles. The smallest absolute Gasteiger partial charge is 0.341 e. The number of likely N-dealkylation sites (N-methyl/N-ethyl adjacent to an activating group) is 1. The number of esters is 1. The van der Waals surface area contributed by atoms with Gasteiger partial charge in [0.2, 0.25) is 0 Å². The van der Waals surface area contributed by atoms with E-state index in [0.29, 0.717) is 0 Å². The van der Waals surface area contributed by atoms with E-state index in [0.717, 1.165) is 11.3 Å². The maximum Gasteiger partial charge on any atom is 0.341 e. The average molecular weight is 273 g/mol. The van der Waals surface area contributed by atoms with Gasteiger partial charge in [0.1, 0.15) is 6.26 Å². The first-order valence-corrected chi connectivity index (χ1v) is 6.10. The van der Waals surface area contributed by atoms with Gasteiger partial charge in [-0.15, -0.1) is 0 Å². The summed E-state index contributed by atoms with van der Waals surface area (Å²) >= 11 is 0. The zero-order chi connectivity index (χ0) is 14.5. The van der Waals surface area contributed by atoms with Crippen LogP contribution in [0.1, 0.15) is 15.9 Å². The maximum atomic E-state index is 12.0. The summed E-state index contributed by atoms with van der Waals surface area (Å²) in [5.74, 6) is -0.878. The molecule has 1 aromatic heterocycles. The van der Waals surface area contributed by atoms with Crippen LogP contribution in [-0.4, -0.2) is 25.5 Å². The summed E-state index contributed by atoms with van der Waals surface area (Å²) in [6, 6.07) is 9.00. The minimum atomic E-state index is -0.579. The summed E-state index contributed by atoms with van der Waals surface area (Å²) in [7, 11) is 1.64. The molecule has 0 unspecified atom stereocenters. The number of rotatable bonds is 4. The van der Waals surface area contributed by atoms with E-state index < -0.39 is 5.97 Å². The number of amides is 1. The predicted octanol–water partition coefficient (Wildman–Crippen LogP) is 2.41. The van der Waals surface area contributed by atoms with Crippen molar-refractivity contribution >= 4 is 17.6 Å². The lowest BCUT2D eigenvalue weighted by Gasteiger charge is -2.17. The van der Waals surface area contributed by atoms with Gasteiger partial charge >= 0.3 is 5.97 Å². The van der Waals surface area contributed by atoms with Crippen molar-refractivity contribution in [3.05, 3.63) is 54.0 Å². The van der Waals surface area contributed by atoms with Crippen molar-refractivity contribution in [1.82, 2.24) is 0 Å². The molecule has 5 nitrogen and oxygen atoms in total. The second-order valence-corrected chi connectivity index (χ2v) is 4.38. The van der Waals surface area contributed by atoms with Crippen LogP contribution in [0.25, 0.3) is 0 Å². The van der Waals surface area contributed by atoms with Crippen molar-refractivity contribution < 1.29 is 18.7 Å². The van der Waals surface area contributed by atoms with Crippen LogP contribution < -0.4 is 4.90 Å². The van der Waals surface area contributed by atoms with Crippen molar-refractivity contribution in [2.75, 3.05) is 18.6 Å². The molecule has 1 heterocycles. The van der Waals surface area contributed by atoms with Gasteiger partial charge in [-0.2, -0.15) is 0 Å². The molecule has 5 heteroatoms. The molecular formula is C15H15NO4. The second kappa shape index (κ2) is 6.06. The third-order valence-corrected chi connectivity index (χ3v) is 2.85. The summed E-state index contributed by atoms with van der Waals surface area (Å²) in [6.45, 7) is 1.63. The molecule has 0 radical (unpaired) electrons. The van der Waals surface area contributed by atoms with Crippen LogP contribution in [0.4, 0.5) is 5.69 Å². The lowest BCUT2D eigenvalue weighted by atomic mass is 10.2. The Labute approximate surface area is 116 Å². The Balaban J connectivity index is 1.93. The van der Waals surface area contributed by atoms with Gasteiger partial charge in [-0.1, -0.05) is 12.1 Å². The summed E-state index contributed by atoms with van der Waals surface area (Å²) in [4.78, 5) is 25.0. The van der Waals surface area contributed by atoms with Crippen LogP contribution in [0.2, 0.25) is 0 Å². The summed E-state index contributed by atoms with van der Waals surface area (Å²) < 4.78 is 9.71. The molecule has 0 saturated heterocycles. The number of nitrogens with zero attached hydrogens (tertiary/aromatic N) is 1. The van der Waals surface area contributed by atoms with Crippen LogP contribution in [0.15, 0.2) is 47.3 Å². The molecule has 0 spiro atoms. The third kappa shape index (κ3) is 3.26. The number of carbonyl (C=O) groups is 2. The topological polar surface area (TPSA) is 59.8 Å². The van der Waals surface area contributed by atoms with Gasteiger partial charge in [0.25, 0.3) is 5.91 Å². The fourth-order valence-corrected chi connectivity index (χ4v) is 1.67. The highest BCUT2D eigenvalue weighted by atomic mass is 16.5. The lowest BCUT2D eigenvalue weighted by Crippen LogP contribution is -2.31. The molecule has 0 saturated carbocycles. The molecule has 1 amide bonds. The monoisotopic (exact) mass is 273 g/mol. The first-order chi connectivity index (χ1) is 9.58. The van der Waals surface area contributed by atoms with E-state index in [2.05, 4.69) is 0 Å². The Hall–Kier alpha value is -2.56. The Morgan fingerprint density at radius 3 is 2.75 bits per heavy atom. The van der Waals surface area contributed by atoms with Crippen LogP contribution in [-0.2, 0) is 9.53 Å². The van der Waals surface area contributed by atoms with Gasteiger partial charge in [0.15, 0.2) is 6.61 Å². The van der Waals surface area contributed by atoms with E-state index in [-0.39, 0.29) is 18.1 Å². The fraction of sp³-hybridized carbons (Fsp3) is 0.200.